The average molecular weight is 518 g/mol. The van der Waals surface area contributed by atoms with Crippen LogP contribution in [0.25, 0.3) is 0 Å². The Hall–Kier alpha value is -1.38. The van der Waals surface area contributed by atoms with E-state index in [1.165, 1.54) is 11.3 Å². The first-order chi connectivity index (χ1) is 12.6. The third-order valence-electron chi connectivity index (χ3n) is 4.10. The molecule has 2 aromatic rings. The van der Waals surface area contributed by atoms with Gasteiger partial charge in [0.15, 0.2) is 0 Å². The topological polar surface area (TPSA) is 78.4 Å². The fourth-order valence-corrected chi connectivity index (χ4v) is 4.81. The summed E-state index contributed by atoms with van der Waals surface area (Å²) in [5.74, 6) is -0.228. The van der Waals surface area contributed by atoms with Gasteiger partial charge < -0.3 is 15.7 Å². The molecule has 1 heterocycles. The van der Waals surface area contributed by atoms with E-state index in [0.29, 0.717) is 11.3 Å². The second-order valence-corrected chi connectivity index (χ2v) is 10.5. The number of carbonyl (C=O) groups is 2. The van der Waals surface area contributed by atoms with Crippen LogP contribution in [-0.2, 0) is 6.42 Å². The Balaban J connectivity index is 2.32. The molecule has 8 heteroatoms. The highest BCUT2D eigenvalue weighted by atomic mass is 79.9. The van der Waals surface area contributed by atoms with Gasteiger partial charge in [0.05, 0.1) is 20.7 Å². The van der Waals surface area contributed by atoms with Crippen LogP contribution in [-0.4, -0.2) is 29.2 Å². The summed E-state index contributed by atoms with van der Waals surface area (Å²) in [4.78, 5) is 24.7. The zero-order valence-corrected chi connectivity index (χ0v) is 19.2. The number of nitrogens with one attached hydrogen (secondary N) is 2. The molecule has 0 bridgehead atoms. The Kier molecular flexibility index (Phi) is 7.47. The lowest BCUT2D eigenvalue weighted by Gasteiger charge is -2.37. The second kappa shape index (κ2) is 9.21. The molecule has 27 heavy (non-hydrogen) atoms. The van der Waals surface area contributed by atoms with Crippen LogP contribution in [0.2, 0.25) is 0 Å². The highest BCUT2D eigenvalue weighted by Crippen LogP contribution is 2.32. The van der Waals surface area contributed by atoms with Crippen LogP contribution < -0.4 is 10.6 Å². The fourth-order valence-electron chi connectivity index (χ4n) is 2.87. The molecule has 1 aromatic carbocycles. The first-order valence-corrected chi connectivity index (χ1v) is 10.8. The van der Waals surface area contributed by atoms with E-state index >= 15 is 0 Å². The SMILES string of the molecule is CC(C)(C)C(NC(=O)O)C(Cc1ccccc1)NC(=O)c1cc(Br)c(Br)s1. The van der Waals surface area contributed by atoms with E-state index in [-0.39, 0.29) is 11.3 Å². The predicted molar refractivity (Wildman–Crippen MR) is 116 cm³/mol. The molecule has 2 amide bonds. The van der Waals surface area contributed by atoms with E-state index in [0.717, 1.165) is 13.8 Å². The van der Waals surface area contributed by atoms with Crippen LogP contribution in [0.15, 0.2) is 44.7 Å². The third-order valence-corrected chi connectivity index (χ3v) is 7.35. The van der Waals surface area contributed by atoms with Crippen molar-refractivity contribution in [1.29, 1.82) is 0 Å². The van der Waals surface area contributed by atoms with Crippen LogP contribution in [0.4, 0.5) is 4.79 Å². The van der Waals surface area contributed by atoms with Crippen molar-refractivity contribution in [2.45, 2.75) is 39.3 Å². The zero-order valence-electron chi connectivity index (χ0n) is 15.3. The molecule has 0 saturated carbocycles. The number of thiophene rings is 1. The number of hydrogen-bond donors (Lipinski definition) is 3. The molecule has 0 spiro atoms. The molecule has 0 radical (unpaired) electrons. The second-order valence-electron chi connectivity index (χ2n) is 7.30. The molecule has 0 aliphatic carbocycles. The van der Waals surface area contributed by atoms with Crippen LogP contribution >= 0.6 is 43.2 Å². The summed E-state index contributed by atoms with van der Waals surface area (Å²) in [5.41, 5.74) is 0.639. The van der Waals surface area contributed by atoms with Crippen molar-refractivity contribution in [3.05, 3.63) is 55.1 Å². The minimum atomic E-state index is -1.11. The predicted octanol–water partition coefficient (Wildman–Crippen LogP) is 5.30. The van der Waals surface area contributed by atoms with E-state index < -0.39 is 18.2 Å². The Morgan fingerprint density at radius 2 is 1.78 bits per heavy atom. The van der Waals surface area contributed by atoms with E-state index in [2.05, 4.69) is 42.5 Å². The number of hydrogen-bond acceptors (Lipinski definition) is 3. The molecule has 0 saturated heterocycles. The Bertz CT molecular complexity index is 784. The molecule has 2 rings (SSSR count). The lowest BCUT2D eigenvalue weighted by molar-refractivity contribution is 0.0905. The summed E-state index contributed by atoms with van der Waals surface area (Å²) in [5, 5.41) is 15.0. The van der Waals surface area contributed by atoms with Crippen molar-refractivity contribution < 1.29 is 14.7 Å². The summed E-state index contributed by atoms with van der Waals surface area (Å²) >= 11 is 8.12. The van der Waals surface area contributed by atoms with Gasteiger partial charge in [-0.15, -0.1) is 11.3 Å². The standard InChI is InChI=1S/C19H22Br2N2O3S/c1-19(2,3)15(23-18(25)26)13(9-11-7-5-4-6-8-11)22-17(24)14-10-12(20)16(21)27-14/h4-8,10,13,15,23H,9H2,1-3H3,(H,22,24)(H,25,26). The molecular weight excluding hydrogens is 496 g/mol. The number of rotatable bonds is 6. The van der Waals surface area contributed by atoms with Crippen LogP contribution in [0.3, 0.4) is 0 Å². The number of carboxylic acid groups (broad SMARTS) is 1. The molecule has 2 atom stereocenters. The van der Waals surface area contributed by atoms with E-state index in [1.54, 1.807) is 6.07 Å². The monoisotopic (exact) mass is 516 g/mol. The van der Waals surface area contributed by atoms with Crippen LogP contribution in [0.1, 0.15) is 36.0 Å². The highest BCUT2D eigenvalue weighted by molar-refractivity contribution is 9.13. The Morgan fingerprint density at radius 3 is 2.26 bits per heavy atom. The minimum absolute atomic E-state index is 0.228. The molecule has 146 valence electrons. The van der Waals surface area contributed by atoms with E-state index in [1.807, 2.05) is 51.1 Å². The lowest BCUT2D eigenvalue weighted by atomic mass is 9.80. The van der Waals surface area contributed by atoms with Gasteiger partial charge in [0, 0.05) is 4.47 Å². The van der Waals surface area contributed by atoms with E-state index in [4.69, 9.17) is 0 Å². The van der Waals surface area contributed by atoms with Gasteiger partial charge >= 0.3 is 6.09 Å². The largest absolute Gasteiger partial charge is 0.465 e. The maximum absolute atomic E-state index is 12.8. The van der Waals surface area contributed by atoms with Gasteiger partial charge in [-0.25, -0.2) is 4.79 Å². The van der Waals surface area contributed by atoms with E-state index in [9.17, 15) is 14.7 Å². The van der Waals surface area contributed by atoms with Crippen molar-refractivity contribution in [2.75, 3.05) is 0 Å². The van der Waals surface area contributed by atoms with Gasteiger partial charge in [-0.1, -0.05) is 51.1 Å². The number of amides is 2. The van der Waals surface area contributed by atoms with Crippen LogP contribution in [0, 0.1) is 5.41 Å². The minimum Gasteiger partial charge on any atom is -0.465 e. The van der Waals surface area contributed by atoms with Crippen molar-refractivity contribution in [1.82, 2.24) is 10.6 Å². The summed E-state index contributed by atoms with van der Waals surface area (Å²) in [6.07, 6.45) is -0.591. The van der Waals surface area contributed by atoms with Gasteiger partial charge in [0.2, 0.25) is 0 Å². The molecule has 0 aliphatic rings. The third kappa shape index (κ3) is 6.33. The van der Waals surface area contributed by atoms with Crippen molar-refractivity contribution in [2.24, 2.45) is 5.41 Å². The summed E-state index contributed by atoms with van der Waals surface area (Å²) in [6, 6.07) is 10.6. The molecular formula is C19H22Br2N2O3S. The number of benzene rings is 1. The molecule has 3 N–H and O–H groups in total. The van der Waals surface area contributed by atoms with Crippen molar-refractivity contribution in [3.63, 3.8) is 0 Å². The Morgan fingerprint density at radius 1 is 1.15 bits per heavy atom. The number of halogens is 2. The Labute approximate surface area is 179 Å². The molecule has 1 aromatic heterocycles. The van der Waals surface area contributed by atoms with Crippen molar-refractivity contribution >= 4 is 55.2 Å². The van der Waals surface area contributed by atoms with Crippen LogP contribution in [0.5, 0.6) is 0 Å². The maximum Gasteiger partial charge on any atom is 0.404 e. The van der Waals surface area contributed by atoms with Gasteiger partial charge in [0.1, 0.15) is 0 Å². The van der Waals surface area contributed by atoms with Gasteiger partial charge in [-0.2, -0.15) is 0 Å². The summed E-state index contributed by atoms with van der Waals surface area (Å²) in [6.45, 7) is 5.86. The summed E-state index contributed by atoms with van der Waals surface area (Å²) < 4.78 is 1.65. The van der Waals surface area contributed by atoms with Gasteiger partial charge in [0.25, 0.3) is 5.91 Å². The molecule has 2 unspecified atom stereocenters. The number of carbonyl (C=O) groups excluding carboxylic acids is 1. The highest BCUT2D eigenvalue weighted by Gasteiger charge is 2.35. The molecule has 0 aliphatic heterocycles. The van der Waals surface area contributed by atoms with Crippen molar-refractivity contribution in [3.8, 4) is 0 Å². The first kappa shape index (κ1) is 21.9. The normalized spacial score (nSPS) is 13.7. The zero-order chi connectivity index (χ0) is 20.2. The van der Waals surface area contributed by atoms with Gasteiger partial charge in [-0.05, 0) is 55.3 Å². The van der Waals surface area contributed by atoms with Gasteiger partial charge in [-0.3, -0.25) is 4.79 Å². The summed E-state index contributed by atoms with van der Waals surface area (Å²) in [7, 11) is 0. The average Bonchev–Trinajstić information content (AvgIpc) is 2.91. The lowest BCUT2D eigenvalue weighted by Crippen LogP contribution is -2.58. The smallest absolute Gasteiger partial charge is 0.404 e. The fraction of sp³-hybridized carbons (Fsp3) is 0.368. The molecule has 0 fully saturated rings. The molecule has 5 nitrogen and oxygen atoms in total. The first-order valence-electron chi connectivity index (χ1n) is 8.37. The maximum atomic E-state index is 12.8. The quantitative estimate of drug-likeness (QED) is 0.486.